The molecule has 0 saturated carbocycles. The number of anilines is 1. The summed E-state index contributed by atoms with van der Waals surface area (Å²) in [5, 5.41) is 11.1. The summed E-state index contributed by atoms with van der Waals surface area (Å²) in [7, 11) is 0. The van der Waals surface area contributed by atoms with Gasteiger partial charge in [0.05, 0.1) is 0 Å². The molecule has 1 heterocycles. The molecule has 0 saturated heterocycles. The van der Waals surface area contributed by atoms with Gasteiger partial charge < -0.3 is 9.73 Å². The van der Waals surface area contributed by atoms with Crippen LogP contribution in [0.2, 0.25) is 0 Å². The Morgan fingerprint density at radius 1 is 1.22 bits per heavy atom. The maximum Gasteiger partial charge on any atom is 0.247 e. The van der Waals surface area contributed by atoms with Crippen molar-refractivity contribution in [3.05, 3.63) is 30.7 Å². The number of aromatic nitrogens is 2. The van der Waals surface area contributed by atoms with Crippen LogP contribution < -0.4 is 5.32 Å². The van der Waals surface area contributed by atoms with Crippen molar-refractivity contribution in [2.75, 3.05) is 5.32 Å². The van der Waals surface area contributed by atoms with Crippen molar-refractivity contribution >= 4 is 5.69 Å². The van der Waals surface area contributed by atoms with Gasteiger partial charge in [-0.2, -0.15) is 0 Å². The van der Waals surface area contributed by atoms with Gasteiger partial charge >= 0.3 is 0 Å². The normalized spacial score (nSPS) is 14.2. The van der Waals surface area contributed by atoms with Gasteiger partial charge in [-0.3, -0.25) is 0 Å². The SMILES string of the molecule is CCC(C)C(C)Nc1ccc(-c2nnco2)cc1. The Labute approximate surface area is 107 Å². The molecular formula is C14H19N3O. The molecule has 0 aliphatic heterocycles. The van der Waals surface area contributed by atoms with E-state index in [4.69, 9.17) is 4.42 Å². The molecule has 0 bridgehead atoms. The lowest BCUT2D eigenvalue weighted by atomic mass is 10.0. The van der Waals surface area contributed by atoms with Crippen LogP contribution in [0.4, 0.5) is 5.69 Å². The molecule has 0 amide bonds. The first kappa shape index (κ1) is 12.6. The molecule has 2 atom stereocenters. The van der Waals surface area contributed by atoms with Crippen LogP contribution in [-0.4, -0.2) is 16.2 Å². The van der Waals surface area contributed by atoms with E-state index in [-0.39, 0.29) is 0 Å². The molecular weight excluding hydrogens is 226 g/mol. The summed E-state index contributed by atoms with van der Waals surface area (Å²) in [6.07, 6.45) is 2.51. The van der Waals surface area contributed by atoms with E-state index < -0.39 is 0 Å². The first-order chi connectivity index (χ1) is 8.70. The summed E-state index contributed by atoms with van der Waals surface area (Å²) in [5.74, 6) is 1.21. The van der Waals surface area contributed by atoms with Gasteiger partial charge in [0.25, 0.3) is 0 Å². The van der Waals surface area contributed by atoms with Gasteiger partial charge in [-0.1, -0.05) is 20.3 Å². The van der Waals surface area contributed by atoms with Crippen LogP contribution in [0.3, 0.4) is 0 Å². The van der Waals surface area contributed by atoms with E-state index in [0.717, 1.165) is 11.3 Å². The maximum atomic E-state index is 5.15. The summed E-state index contributed by atoms with van der Waals surface area (Å²) >= 11 is 0. The van der Waals surface area contributed by atoms with Crippen molar-refractivity contribution in [1.82, 2.24) is 10.2 Å². The van der Waals surface area contributed by atoms with Crippen molar-refractivity contribution in [3.63, 3.8) is 0 Å². The first-order valence-electron chi connectivity index (χ1n) is 6.34. The third kappa shape index (κ3) is 2.88. The number of nitrogens with zero attached hydrogens (tertiary/aromatic N) is 2. The van der Waals surface area contributed by atoms with Crippen LogP contribution in [0.25, 0.3) is 11.5 Å². The highest BCUT2D eigenvalue weighted by atomic mass is 16.4. The Morgan fingerprint density at radius 2 is 1.94 bits per heavy atom. The van der Waals surface area contributed by atoms with Crippen LogP contribution in [0.15, 0.2) is 35.1 Å². The highest BCUT2D eigenvalue weighted by Crippen LogP contribution is 2.20. The predicted molar refractivity (Wildman–Crippen MR) is 72.3 cm³/mol. The van der Waals surface area contributed by atoms with Crippen LogP contribution in [0.1, 0.15) is 27.2 Å². The van der Waals surface area contributed by atoms with Crippen molar-refractivity contribution in [2.45, 2.75) is 33.2 Å². The Hall–Kier alpha value is -1.84. The molecule has 0 aliphatic rings. The zero-order valence-electron chi connectivity index (χ0n) is 11.1. The summed E-state index contributed by atoms with van der Waals surface area (Å²) in [4.78, 5) is 0. The van der Waals surface area contributed by atoms with E-state index in [2.05, 4.69) is 36.3 Å². The summed E-state index contributed by atoms with van der Waals surface area (Å²) in [6, 6.07) is 8.51. The van der Waals surface area contributed by atoms with Gasteiger partial charge in [-0.15, -0.1) is 10.2 Å². The topological polar surface area (TPSA) is 51.0 Å². The predicted octanol–water partition coefficient (Wildman–Crippen LogP) is 3.58. The second-order valence-corrected chi connectivity index (χ2v) is 4.64. The van der Waals surface area contributed by atoms with Crippen molar-refractivity contribution in [3.8, 4) is 11.5 Å². The lowest BCUT2D eigenvalue weighted by Crippen LogP contribution is -2.23. The number of nitrogens with one attached hydrogen (secondary N) is 1. The van der Waals surface area contributed by atoms with E-state index in [9.17, 15) is 0 Å². The van der Waals surface area contributed by atoms with Gasteiger partial charge in [0, 0.05) is 17.3 Å². The highest BCUT2D eigenvalue weighted by molar-refractivity contribution is 5.58. The Bertz CT molecular complexity index is 464. The number of hydrogen-bond acceptors (Lipinski definition) is 4. The number of hydrogen-bond donors (Lipinski definition) is 1. The van der Waals surface area contributed by atoms with Crippen LogP contribution in [0.5, 0.6) is 0 Å². The average molecular weight is 245 g/mol. The zero-order chi connectivity index (χ0) is 13.0. The molecule has 1 aromatic carbocycles. The van der Waals surface area contributed by atoms with E-state index in [1.807, 2.05) is 24.3 Å². The molecule has 0 radical (unpaired) electrons. The van der Waals surface area contributed by atoms with Crippen molar-refractivity contribution in [2.24, 2.45) is 5.92 Å². The minimum absolute atomic E-state index is 0.462. The molecule has 0 spiro atoms. The third-order valence-electron chi connectivity index (χ3n) is 3.38. The lowest BCUT2D eigenvalue weighted by Gasteiger charge is -2.21. The molecule has 2 rings (SSSR count). The first-order valence-corrected chi connectivity index (χ1v) is 6.34. The highest BCUT2D eigenvalue weighted by Gasteiger charge is 2.10. The molecule has 2 aromatic rings. The largest absolute Gasteiger partial charge is 0.423 e. The molecule has 96 valence electrons. The van der Waals surface area contributed by atoms with Crippen molar-refractivity contribution in [1.29, 1.82) is 0 Å². The molecule has 0 aliphatic carbocycles. The molecule has 4 nitrogen and oxygen atoms in total. The second kappa shape index (κ2) is 5.67. The Balaban J connectivity index is 2.04. The quantitative estimate of drug-likeness (QED) is 0.874. The second-order valence-electron chi connectivity index (χ2n) is 4.64. The van der Waals surface area contributed by atoms with Gasteiger partial charge in [0.15, 0.2) is 0 Å². The van der Waals surface area contributed by atoms with Gasteiger partial charge in [0.2, 0.25) is 12.3 Å². The van der Waals surface area contributed by atoms with E-state index in [1.165, 1.54) is 12.8 Å². The van der Waals surface area contributed by atoms with Gasteiger partial charge in [-0.25, -0.2) is 0 Å². The molecule has 1 N–H and O–H groups in total. The maximum absolute atomic E-state index is 5.15. The molecule has 0 fully saturated rings. The molecule has 1 aromatic heterocycles. The van der Waals surface area contributed by atoms with Gasteiger partial charge in [-0.05, 0) is 37.1 Å². The molecule has 4 heteroatoms. The standard InChI is InChI=1S/C14H19N3O/c1-4-10(2)11(3)16-13-7-5-12(6-8-13)14-17-15-9-18-14/h5-11,16H,4H2,1-3H3. The van der Waals surface area contributed by atoms with Crippen LogP contribution in [-0.2, 0) is 0 Å². The summed E-state index contributed by atoms with van der Waals surface area (Å²) in [5.41, 5.74) is 2.06. The summed E-state index contributed by atoms with van der Waals surface area (Å²) in [6.45, 7) is 6.67. The minimum atomic E-state index is 0.462. The number of rotatable bonds is 5. The minimum Gasteiger partial charge on any atom is -0.423 e. The fourth-order valence-corrected chi connectivity index (χ4v) is 1.77. The van der Waals surface area contributed by atoms with E-state index in [0.29, 0.717) is 17.9 Å². The number of benzene rings is 1. The summed E-state index contributed by atoms with van der Waals surface area (Å²) < 4.78 is 5.15. The average Bonchev–Trinajstić information content (AvgIpc) is 2.92. The van der Waals surface area contributed by atoms with Crippen molar-refractivity contribution < 1.29 is 4.42 Å². The van der Waals surface area contributed by atoms with E-state index in [1.54, 1.807) is 0 Å². The molecule has 2 unspecified atom stereocenters. The Morgan fingerprint density at radius 3 is 2.50 bits per heavy atom. The monoisotopic (exact) mass is 245 g/mol. The smallest absolute Gasteiger partial charge is 0.247 e. The third-order valence-corrected chi connectivity index (χ3v) is 3.38. The Kier molecular flexibility index (Phi) is 3.97. The molecule has 18 heavy (non-hydrogen) atoms. The van der Waals surface area contributed by atoms with Crippen LogP contribution >= 0.6 is 0 Å². The van der Waals surface area contributed by atoms with Gasteiger partial charge in [0.1, 0.15) is 0 Å². The fraction of sp³-hybridized carbons (Fsp3) is 0.429. The fourth-order valence-electron chi connectivity index (χ4n) is 1.77. The van der Waals surface area contributed by atoms with E-state index >= 15 is 0 Å². The zero-order valence-corrected chi connectivity index (χ0v) is 11.1. The lowest BCUT2D eigenvalue weighted by molar-refractivity contribution is 0.494. The van der Waals surface area contributed by atoms with Crippen LogP contribution in [0, 0.1) is 5.92 Å².